The molecule has 2 rings (SSSR count). The summed E-state index contributed by atoms with van der Waals surface area (Å²) >= 11 is 0. The Morgan fingerprint density at radius 2 is 2.25 bits per heavy atom. The minimum atomic E-state index is -0.468. The van der Waals surface area contributed by atoms with Gasteiger partial charge in [-0.2, -0.15) is 4.98 Å². The molecular formula is C10H11N3O3. The van der Waals surface area contributed by atoms with Crippen LogP contribution in [0.25, 0.3) is 11.1 Å². The van der Waals surface area contributed by atoms with Crippen molar-refractivity contribution in [3.8, 4) is 0 Å². The smallest absolute Gasteiger partial charge is 0.298 e. The van der Waals surface area contributed by atoms with Gasteiger partial charge in [-0.15, -0.1) is 0 Å². The molecule has 1 N–H and O–H groups in total. The SMILES string of the molecule is CC(C)Nc1nc2c([N+](=O)[O-])cccc2o1. The summed E-state index contributed by atoms with van der Waals surface area (Å²) in [7, 11) is 0. The van der Waals surface area contributed by atoms with Gasteiger partial charge in [-0.3, -0.25) is 10.1 Å². The quantitative estimate of drug-likeness (QED) is 0.636. The number of para-hydroxylation sites is 1. The summed E-state index contributed by atoms with van der Waals surface area (Å²) < 4.78 is 5.34. The first-order chi connectivity index (χ1) is 7.58. The Morgan fingerprint density at radius 1 is 1.50 bits per heavy atom. The number of nitro groups is 1. The van der Waals surface area contributed by atoms with E-state index >= 15 is 0 Å². The van der Waals surface area contributed by atoms with Crippen LogP contribution in [0.2, 0.25) is 0 Å². The summed E-state index contributed by atoms with van der Waals surface area (Å²) in [6.07, 6.45) is 0. The number of non-ortho nitro benzene ring substituents is 1. The first-order valence-electron chi connectivity index (χ1n) is 4.88. The van der Waals surface area contributed by atoms with Crippen molar-refractivity contribution < 1.29 is 9.34 Å². The Hall–Kier alpha value is -2.11. The average molecular weight is 221 g/mol. The fourth-order valence-corrected chi connectivity index (χ4v) is 1.39. The lowest BCUT2D eigenvalue weighted by Crippen LogP contribution is -2.09. The number of nitrogens with zero attached hydrogens (tertiary/aromatic N) is 2. The minimum Gasteiger partial charge on any atom is -0.423 e. The van der Waals surface area contributed by atoms with Crippen LogP contribution in [0.5, 0.6) is 0 Å². The number of nitrogens with one attached hydrogen (secondary N) is 1. The van der Waals surface area contributed by atoms with E-state index in [1.54, 1.807) is 12.1 Å². The van der Waals surface area contributed by atoms with Crippen molar-refractivity contribution in [2.75, 3.05) is 5.32 Å². The van der Waals surface area contributed by atoms with Crippen molar-refractivity contribution in [1.82, 2.24) is 4.98 Å². The lowest BCUT2D eigenvalue weighted by atomic mass is 10.3. The first kappa shape index (κ1) is 10.4. The van der Waals surface area contributed by atoms with Crippen LogP contribution in [0, 0.1) is 10.1 Å². The molecule has 0 aliphatic heterocycles. The summed E-state index contributed by atoms with van der Waals surface area (Å²) in [6, 6.07) is 5.10. The van der Waals surface area contributed by atoms with Gasteiger partial charge in [0.25, 0.3) is 11.7 Å². The molecule has 0 aliphatic rings. The van der Waals surface area contributed by atoms with Crippen LogP contribution in [-0.4, -0.2) is 15.9 Å². The molecule has 0 unspecified atom stereocenters. The van der Waals surface area contributed by atoms with Gasteiger partial charge in [0.15, 0.2) is 11.1 Å². The van der Waals surface area contributed by atoms with Gasteiger partial charge in [0.1, 0.15) is 0 Å². The Bertz CT molecular complexity index is 533. The molecule has 0 radical (unpaired) electrons. The lowest BCUT2D eigenvalue weighted by Gasteiger charge is -2.02. The summed E-state index contributed by atoms with van der Waals surface area (Å²) in [6.45, 7) is 3.87. The summed E-state index contributed by atoms with van der Waals surface area (Å²) in [5, 5.41) is 13.7. The van der Waals surface area contributed by atoms with Crippen molar-refractivity contribution >= 4 is 22.8 Å². The fraction of sp³-hybridized carbons (Fsp3) is 0.300. The average Bonchev–Trinajstić information content (AvgIpc) is 2.57. The molecular weight excluding hydrogens is 210 g/mol. The fourth-order valence-electron chi connectivity index (χ4n) is 1.39. The number of aromatic nitrogens is 1. The zero-order valence-corrected chi connectivity index (χ0v) is 8.93. The number of nitro benzene ring substituents is 1. The van der Waals surface area contributed by atoms with Gasteiger partial charge in [-0.1, -0.05) is 6.07 Å². The van der Waals surface area contributed by atoms with Gasteiger partial charge < -0.3 is 9.73 Å². The molecule has 0 atom stereocenters. The molecule has 84 valence electrons. The van der Waals surface area contributed by atoms with Crippen LogP contribution in [0.15, 0.2) is 22.6 Å². The predicted octanol–water partition coefficient (Wildman–Crippen LogP) is 2.56. The highest BCUT2D eigenvalue weighted by Crippen LogP contribution is 2.27. The molecule has 16 heavy (non-hydrogen) atoms. The van der Waals surface area contributed by atoms with Gasteiger partial charge in [0, 0.05) is 12.1 Å². The van der Waals surface area contributed by atoms with Crippen LogP contribution in [0.4, 0.5) is 11.7 Å². The third-order valence-electron chi connectivity index (χ3n) is 2.01. The van der Waals surface area contributed by atoms with Crippen LogP contribution < -0.4 is 5.32 Å². The molecule has 0 aliphatic carbocycles. The van der Waals surface area contributed by atoms with Crippen LogP contribution in [0.1, 0.15) is 13.8 Å². The molecule has 6 nitrogen and oxygen atoms in total. The Labute approximate surface area is 91.4 Å². The maximum atomic E-state index is 10.7. The number of oxazole rings is 1. The van der Waals surface area contributed by atoms with E-state index in [9.17, 15) is 10.1 Å². The molecule has 0 saturated carbocycles. The number of fused-ring (bicyclic) bond motifs is 1. The molecule has 1 aromatic heterocycles. The number of hydrogen-bond donors (Lipinski definition) is 1. The number of hydrogen-bond acceptors (Lipinski definition) is 5. The first-order valence-corrected chi connectivity index (χ1v) is 4.88. The maximum absolute atomic E-state index is 10.7. The van der Waals surface area contributed by atoms with Crippen molar-refractivity contribution in [1.29, 1.82) is 0 Å². The van der Waals surface area contributed by atoms with Gasteiger partial charge in [-0.25, -0.2) is 0 Å². The molecule has 0 bridgehead atoms. The second kappa shape index (κ2) is 3.80. The van der Waals surface area contributed by atoms with Crippen molar-refractivity contribution in [2.24, 2.45) is 0 Å². The van der Waals surface area contributed by atoms with E-state index in [1.807, 2.05) is 13.8 Å². The predicted molar refractivity (Wildman–Crippen MR) is 59.4 cm³/mol. The second-order valence-corrected chi connectivity index (χ2v) is 3.70. The molecule has 2 aromatic rings. The van der Waals surface area contributed by atoms with Crippen LogP contribution in [0.3, 0.4) is 0 Å². The van der Waals surface area contributed by atoms with Crippen molar-refractivity contribution in [2.45, 2.75) is 19.9 Å². The molecule has 0 spiro atoms. The van der Waals surface area contributed by atoms with Gasteiger partial charge in [0.2, 0.25) is 0 Å². The highest BCUT2D eigenvalue weighted by molar-refractivity contribution is 5.83. The van der Waals surface area contributed by atoms with Crippen LogP contribution >= 0.6 is 0 Å². The summed E-state index contributed by atoms with van der Waals surface area (Å²) in [4.78, 5) is 14.3. The molecule has 6 heteroatoms. The summed E-state index contributed by atoms with van der Waals surface area (Å²) in [5.74, 6) is 0. The molecule has 0 fully saturated rings. The number of anilines is 1. The molecule has 1 heterocycles. The minimum absolute atomic E-state index is 0.0435. The van der Waals surface area contributed by atoms with Gasteiger partial charge in [-0.05, 0) is 19.9 Å². The highest BCUT2D eigenvalue weighted by atomic mass is 16.6. The zero-order valence-electron chi connectivity index (χ0n) is 8.93. The third kappa shape index (κ3) is 1.81. The Balaban J connectivity index is 2.52. The van der Waals surface area contributed by atoms with E-state index in [0.717, 1.165) is 0 Å². The largest absolute Gasteiger partial charge is 0.423 e. The molecule has 1 aromatic carbocycles. The lowest BCUT2D eigenvalue weighted by molar-refractivity contribution is -0.383. The van der Waals surface area contributed by atoms with Gasteiger partial charge >= 0.3 is 0 Å². The molecule has 0 saturated heterocycles. The Kier molecular flexibility index (Phi) is 2.47. The molecule has 0 amide bonds. The highest BCUT2D eigenvalue weighted by Gasteiger charge is 2.17. The topological polar surface area (TPSA) is 81.2 Å². The van der Waals surface area contributed by atoms with Crippen LogP contribution in [-0.2, 0) is 0 Å². The monoisotopic (exact) mass is 221 g/mol. The standard InChI is InChI=1S/C10H11N3O3/c1-6(2)11-10-12-9-7(13(14)15)4-3-5-8(9)16-10/h3-6H,1-2H3,(H,11,12). The van der Waals surface area contributed by atoms with E-state index in [2.05, 4.69) is 10.3 Å². The van der Waals surface area contributed by atoms with E-state index in [1.165, 1.54) is 6.07 Å². The van der Waals surface area contributed by atoms with Crippen molar-refractivity contribution in [3.05, 3.63) is 28.3 Å². The second-order valence-electron chi connectivity index (χ2n) is 3.70. The van der Waals surface area contributed by atoms with E-state index in [-0.39, 0.29) is 17.2 Å². The van der Waals surface area contributed by atoms with E-state index in [4.69, 9.17) is 4.42 Å². The van der Waals surface area contributed by atoms with Crippen molar-refractivity contribution in [3.63, 3.8) is 0 Å². The zero-order chi connectivity index (χ0) is 11.7. The number of benzene rings is 1. The summed E-state index contributed by atoms with van der Waals surface area (Å²) in [5.41, 5.74) is 0.644. The van der Waals surface area contributed by atoms with E-state index in [0.29, 0.717) is 11.6 Å². The Morgan fingerprint density at radius 3 is 2.88 bits per heavy atom. The van der Waals surface area contributed by atoms with E-state index < -0.39 is 4.92 Å². The number of rotatable bonds is 3. The third-order valence-corrected chi connectivity index (χ3v) is 2.01. The maximum Gasteiger partial charge on any atom is 0.298 e. The van der Waals surface area contributed by atoms with Gasteiger partial charge in [0.05, 0.1) is 4.92 Å². The normalized spacial score (nSPS) is 10.9.